The highest BCUT2D eigenvalue weighted by Gasteiger charge is 2.24. The van der Waals surface area contributed by atoms with E-state index in [1.807, 2.05) is 7.05 Å². The lowest BCUT2D eigenvalue weighted by Crippen LogP contribution is -2.36. The van der Waals surface area contributed by atoms with Crippen molar-refractivity contribution in [3.63, 3.8) is 0 Å². The Bertz CT molecular complexity index is 344. The van der Waals surface area contributed by atoms with Crippen LogP contribution in [0.15, 0.2) is 24.3 Å². The normalized spacial score (nSPS) is 21.6. The molecule has 2 rings (SSSR count). The van der Waals surface area contributed by atoms with Gasteiger partial charge in [0, 0.05) is 12.5 Å². The summed E-state index contributed by atoms with van der Waals surface area (Å²) in [5.41, 5.74) is 1.42. The summed E-state index contributed by atoms with van der Waals surface area (Å²) in [7, 11) is 3.75. The summed E-state index contributed by atoms with van der Waals surface area (Å²) in [6, 6.07) is 8.54. The minimum atomic E-state index is 0.591. The third kappa shape index (κ3) is 3.24. The van der Waals surface area contributed by atoms with E-state index >= 15 is 0 Å². The highest BCUT2D eigenvalue weighted by Crippen LogP contribution is 2.30. The van der Waals surface area contributed by atoms with Crippen LogP contribution in [-0.4, -0.2) is 33.8 Å². The molecular weight excluding hydrogens is 224 g/mol. The van der Waals surface area contributed by atoms with Crippen LogP contribution in [-0.2, 0) is 0 Å². The molecule has 0 bridgehead atoms. The molecule has 0 aliphatic carbocycles. The molecule has 1 aliphatic rings. The maximum absolute atomic E-state index is 5.23. The molecule has 0 aromatic heterocycles. The van der Waals surface area contributed by atoms with Crippen LogP contribution in [0.3, 0.4) is 0 Å². The molecule has 3 nitrogen and oxygen atoms in total. The van der Waals surface area contributed by atoms with Crippen LogP contribution >= 0.6 is 0 Å². The molecule has 2 atom stereocenters. The lowest BCUT2D eigenvalue weighted by atomic mass is 9.81. The average molecular weight is 248 g/mol. The zero-order chi connectivity index (χ0) is 12.8. The van der Waals surface area contributed by atoms with Crippen LogP contribution in [0.4, 0.5) is 0 Å². The summed E-state index contributed by atoms with van der Waals surface area (Å²) in [6.07, 6.45) is 2.62. The molecule has 0 spiro atoms. The highest BCUT2D eigenvalue weighted by molar-refractivity contribution is 5.30. The van der Waals surface area contributed by atoms with E-state index in [1.54, 1.807) is 7.11 Å². The Morgan fingerprint density at radius 1 is 1.39 bits per heavy atom. The van der Waals surface area contributed by atoms with Gasteiger partial charge in [0.25, 0.3) is 0 Å². The van der Waals surface area contributed by atoms with Crippen molar-refractivity contribution in [3.05, 3.63) is 29.8 Å². The number of rotatable bonds is 5. The van der Waals surface area contributed by atoms with Crippen molar-refractivity contribution in [2.24, 2.45) is 5.92 Å². The predicted octanol–water partition coefficient (Wildman–Crippen LogP) is 2.00. The van der Waals surface area contributed by atoms with Crippen LogP contribution in [0.25, 0.3) is 0 Å². The molecule has 100 valence electrons. The fourth-order valence-corrected chi connectivity index (χ4v) is 2.85. The van der Waals surface area contributed by atoms with Gasteiger partial charge in [0.15, 0.2) is 0 Å². The number of hydrogen-bond donors (Lipinski definition) is 2. The van der Waals surface area contributed by atoms with E-state index in [4.69, 9.17) is 4.74 Å². The second kappa shape index (κ2) is 6.76. The topological polar surface area (TPSA) is 33.3 Å². The number of ether oxygens (including phenoxy) is 1. The second-order valence-corrected chi connectivity index (χ2v) is 5.04. The first-order valence-corrected chi connectivity index (χ1v) is 6.84. The summed E-state index contributed by atoms with van der Waals surface area (Å²) in [4.78, 5) is 0. The molecule has 0 radical (unpaired) electrons. The molecule has 1 heterocycles. The number of piperidine rings is 1. The van der Waals surface area contributed by atoms with Crippen molar-refractivity contribution in [2.75, 3.05) is 33.8 Å². The van der Waals surface area contributed by atoms with Gasteiger partial charge in [-0.2, -0.15) is 0 Å². The van der Waals surface area contributed by atoms with E-state index < -0.39 is 0 Å². The molecule has 1 fully saturated rings. The fraction of sp³-hybridized carbons (Fsp3) is 0.600. The number of benzene rings is 1. The molecule has 3 heteroatoms. The number of methoxy groups -OCH3 is 1. The Morgan fingerprint density at radius 2 is 2.17 bits per heavy atom. The molecule has 1 aromatic carbocycles. The van der Waals surface area contributed by atoms with Gasteiger partial charge in [-0.25, -0.2) is 0 Å². The molecule has 1 aliphatic heterocycles. The number of likely N-dealkylation sites (N-methyl/N-ethyl adjacent to an activating group) is 1. The number of hydrogen-bond acceptors (Lipinski definition) is 3. The van der Waals surface area contributed by atoms with Crippen molar-refractivity contribution < 1.29 is 4.74 Å². The molecule has 0 amide bonds. The zero-order valence-corrected chi connectivity index (χ0v) is 11.4. The van der Waals surface area contributed by atoms with Crippen LogP contribution in [0, 0.1) is 5.92 Å². The summed E-state index contributed by atoms with van der Waals surface area (Å²) < 4.78 is 5.23. The van der Waals surface area contributed by atoms with E-state index in [2.05, 4.69) is 34.9 Å². The Morgan fingerprint density at radius 3 is 2.72 bits per heavy atom. The zero-order valence-electron chi connectivity index (χ0n) is 11.4. The van der Waals surface area contributed by atoms with E-state index in [0.29, 0.717) is 5.92 Å². The van der Waals surface area contributed by atoms with E-state index in [-0.39, 0.29) is 0 Å². The molecule has 0 saturated carbocycles. The minimum absolute atomic E-state index is 0.591. The SMILES string of the molecule is CNCC(c1ccc(OC)cc1)C1CCCNC1. The summed E-state index contributed by atoms with van der Waals surface area (Å²) >= 11 is 0. The van der Waals surface area contributed by atoms with Crippen molar-refractivity contribution >= 4 is 0 Å². The fourth-order valence-electron chi connectivity index (χ4n) is 2.85. The summed E-state index contributed by atoms with van der Waals surface area (Å²) in [6.45, 7) is 3.35. The minimum Gasteiger partial charge on any atom is -0.497 e. The average Bonchev–Trinajstić information content (AvgIpc) is 2.46. The van der Waals surface area contributed by atoms with Gasteiger partial charge in [0.2, 0.25) is 0 Å². The molecule has 1 saturated heterocycles. The van der Waals surface area contributed by atoms with E-state index in [1.165, 1.54) is 24.9 Å². The molecule has 2 unspecified atom stereocenters. The Hall–Kier alpha value is -1.06. The number of nitrogens with one attached hydrogen (secondary N) is 2. The van der Waals surface area contributed by atoms with Gasteiger partial charge in [-0.15, -0.1) is 0 Å². The highest BCUT2D eigenvalue weighted by atomic mass is 16.5. The van der Waals surface area contributed by atoms with Crippen LogP contribution in [0.1, 0.15) is 24.3 Å². The van der Waals surface area contributed by atoms with Gasteiger partial charge in [-0.1, -0.05) is 12.1 Å². The van der Waals surface area contributed by atoms with Crippen molar-refractivity contribution in [2.45, 2.75) is 18.8 Å². The standard InChI is InChI=1S/C15H24N2O/c1-16-11-15(13-4-3-9-17-10-13)12-5-7-14(18-2)8-6-12/h5-8,13,15-17H,3-4,9-11H2,1-2H3. The summed E-state index contributed by atoms with van der Waals surface area (Å²) in [5, 5.41) is 6.85. The van der Waals surface area contributed by atoms with Gasteiger partial charge in [-0.3, -0.25) is 0 Å². The van der Waals surface area contributed by atoms with Crippen molar-refractivity contribution in [3.8, 4) is 5.75 Å². The quantitative estimate of drug-likeness (QED) is 0.836. The van der Waals surface area contributed by atoms with Gasteiger partial charge in [-0.05, 0) is 56.6 Å². The predicted molar refractivity (Wildman–Crippen MR) is 75.3 cm³/mol. The Balaban J connectivity index is 2.11. The first-order valence-electron chi connectivity index (χ1n) is 6.84. The maximum atomic E-state index is 5.23. The monoisotopic (exact) mass is 248 g/mol. The van der Waals surface area contributed by atoms with Gasteiger partial charge < -0.3 is 15.4 Å². The lowest BCUT2D eigenvalue weighted by Gasteiger charge is -2.31. The Labute approximate surface area is 110 Å². The third-order valence-electron chi connectivity index (χ3n) is 3.87. The van der Waals surface area contributed by atoms with Crippen LogP contribution in [0.2, 0.25) is 0 Å². The molecular formula is C15H24N2O. The first kappa shape index (κ1) is 13.4. The van der Waals surface area contributed by atoms with Gasteiger partial charge in [0.1, 0.15) is 5.75 Å². The maximum Gasteiger partial charge on any atom is 0.118 e. The molecule has 1 aromatic rings. The molecule has 18 heavy (non-hydrogen) atoms. The van der Waals surface area contributed by atoms with Gasteiger partial charge >= 0.3 is 0 Å². The lowest BCUT2D eigenvalue weighted by molar-refractivity contribution is 0.317. The van der Waals surface area contributed by atoms with Gasteiger partial charge in [0.05, 0.1) is 7.11 Å². The van der Waals surface area contributed by atoms with Crippen LogP contribution in [0.5, 0.6) is 5.75 Å². The van der Waals surface area contributed by atoms with Crippen LogP contribution < -0.4 is 15.4 Å². The molecule has 2 N–H and O–H groups in total. The smallest absolute Gasteiger partial charge is 0.118 e. The largest absolute Gasteiger partial charge is 0.497 e. The van der Waals surface area contributed by atoms with Crippen molar-refractivity contribution in [1.29, 1.82) is 0 Å². The summed E-state index contributed by atoms with van der Waals surface area (Å²) in [5.74, 6) is 2.26. The first-order chi connectivity index (χ1) is 8.85. The third-order valence-corrected chi connectivity index (χ3v) is 3.87. The Kier molecular flexibility index (Phi) is 5.02. The van der Waals surface area contributed by atoms with Crippen molar-refractivity contribution in [1.82, 2.24) is 10.6 Å². The second-order valence-electron chi connectivity index (χ2n) is 5.04. The van der Waals surface area contributed by atoms with E-state index in [9.17, 15) is 0 Å². The van der Waals surface area contributed by atoms with E-state index in [0.717, 1.165) is 24.8 Å².